The zero-order valence-electron chi connectivity index (χ0n) is 13.2. The van der Waals surface area contributed by atoms with Crippen molar-refractivity contribution >= 4 is 21.6 Å². The molecule has 1 unspecified atom stereocenters. The second kappa shape index (κ2) is 6.48. The molecule has 112 valence electrons. The van der Waals surface area contributed by atoms with E-state index >= 15 is 0 Å². The fourth-order valence-corrected chi connectivity index (χ4v) is 3.37. The molecule has 0 aliphatic carbocycles. The molecule has 2 rings (SSSR count). The highest BCUT2D eigenvalue weighted by atomic mass is 79.9. The number of nitrogens with one attached hydrogen (secondary N) is 1. The molecule has 0 amide bonds. The van der Waals surface area contributed by atoms with Crippen LogP contribution >= 0.6 is 15.9 Å². The maximum atomic E-state index is 3.76. The third-order valence-corrected chi connectivity index (χ3v) is 4.58. The Balaban J connectivity index is 2.09. The van der Waals surface area contributed by atoms with Crippen molar-refractivity contribution in [2.45, 2.75) is 65.1 Å². The molecule has 1 N–H and O–H groups in total. The summed E-state index contributed by atoms with van der Waals surface area (Å²) in [4.78, 5) is 2.54. The summed E-state index contributed by atoms with van der Waals surface area (Å²) in [5.41, 5.74) is 2.84. The van der Waals surface area contributed by atoms with Crippen LogP contribution in [-0.2, 0) is 6.54 Å². The van der Waals surface area contributed by atoms with Gasteiger partial charge in [-0.25, -0.2) is 0 Å². The van der Waals surface area contributed by atoms with Crippen molar-refractivity contribution in [1.82, 2.24) is 5.32 Å². The number of hydrogen-bond donors (Lipinski definition) is 1. The van der Waals surface area contributed by atoms with E-state index < -0.39 is 0 Å². The first kappa shape index (κ1) is 15.8. The zero-order chi connectivity index (χ0) is 14.8. The summed E-state index contributed by atoms with van der Waals surface area (Å²) in [5.74, 6) is 0. The van der Waals surface area contributed by atoms with Gasteiger partial charge in [-0.1, -0.05) is 6.07 Å². The van der Waals surface area contributed by atoms with Gasteiger partial charge >= 0.3 is 0 Å². The maximum Gasteiger partial charge on any atom is 0.0513 e. The summed E-state index contributed by atoms with van der Waals surface area (Å²) in [7, 11) is 0. The standard InChI is InChI=1S/C17H27BrN2/c1-13-7-5-6-10-20(13)16-9-8-14(11-15(16)18)12-19-17(2,3)4/h8-9,11,13,19H,5-7,10,12H2,1-4H3. The molecule has 1 aliphatic rings. The molecule has 0 saturated carbocycles. The van der Waals surface area contributed by atoms with Gasteiger partial charge in [0.25, 0.3) is 0 Å². The lowest BCUT2D eigenvalue weighted by Crippen LogP contribution is -2.37. The number of hydrogen-bond acceptors (Lipinski definition) is 2. The van der Waals surface area contributed by atoms with Gasteiger partial charge in [0.05, 0.1) is 5.69 Å². The number of benzene rings is 1. The summed E-state index contributed by atoms with van der Waals surface area (Å²) in [6.07, 6.45) is 3.98. The van der Waals surface area contributed by atoms with E-state index in [0.717, 1.165) is 6.54 Å². The Morgan fingerprint density at radius 3 is 2.65 bits per heavy atom. The first-order valence-corrected chi connectivity index (χ1v) is 8.46. The molecule has 1 aromatic rings. The Morgan fingerprint density at radius 1 is 1.30 bits per heavy atom. The average molecular weight is 339 g/mol. The minimum absolute atomic E-state index is 0.159. The topological polar surface area (TPSA) is 15.3 Å². The first-order valence-electron chi connectivity index (χ1n) is 7.67. The number of halogens is 1. The van der Waals surface area contributed by atoms with Crippen LogP contribution in [0.4, 0.5) is 5.69 Å². The number of piperidine rings is 1. The van der Waals surface area contributed by atoms with E-state index in [1.54, 1.807) is 0 Å². The van der Waals surface area contributed by atoms with Crippen molar-refractivity contribution in [2.24, 2.45) is 0 Å². The first-order chi connectivity index (χ1) is 9.37. The van der Waals surface area contributed by atoms with Crippen LogP contribution in [0.15, 0.2) is 22.7 Å². The van der Waals surface area contributed by atoms with Crippen molar-refractivity contribution in [3.63, 3.8) is 0 Å². The number of nitrogens with zero attached hydrogens (tertiary/aromatic N) is 1. The second-order valence-electron chi connectivity index (χ2n) is 6.93. The Labute approximate surface area is 132 Å². The lowest BCUT2D eigenvalue weighted by atomic mass is 10.0. The highest BCUT2D eigenvalue weighted by Gasteiger charge is 2.20. The highest BCUT2D eigenvalue weighted by molar-refractivity contribution is 9.10. The van der Waals surface area contributed by atoms with Crippen LogP contribution < -0.4 is 10.2 Å². The van der Waals surface area contributed by atoms with Crippen molar-refractivity contribution in [3.8, 4) is 0 Å². The van der Waals surface area contributed by atoms with Crippen LogP contribution in [0.5, 0.6) is 0 Å². The molecule has 2 nitrogen and oxygen atoms in total. The van der Waals surface area contributed by atoms with Gasteiger partial charge in [-0.2, -0.15) is 0 Å². The molecule has 1 aliphatic heterocycles. The molecule has 20 heavy (non-hydrogen) atoms. The van der Waals surface area contributed by atoms with Gasteiger partial charge in [0.1, 0.15) is 0 Å². The van der Waals surface area contributed by atoms with Crippen molar-refractivity contribution < 1.29 is 0 Å². The predicted octanol–water partition coefficient (Wildman–Crippen LogP) is 4.72. The normalized spacial score (nSPS) is 20.2. The van der Waals surface area contributed by atoms with E-state index in [2.05, 4.69) is 72.0 Å². The Morgan fingerprint density at radius 2 is 2.05 bits per heavy atom. The summed E-state index contributed by atoms with van der Waals surface area (Å²) in [6.45, 7) is 11.0. The minimum Gasteiger partial charge on any atom is -0.368 e. The molecular weight excluding hydrogens is 312 g/mol. The fourth-order valence-electron chi connectivity index (χ4n) is 2.72. The van der Waals surface area contributed by atoms with Gasteiger partial charge in [0.15, 0.2) is 0 Å². The van der Waals surface area contributed by atoms with E-state index in [1.807, 2.05) is 0 Å². The van der Waals surface area contributed by atoms with Gasteiger partial charge in [0.2, 0.25) is 0 Å². The quantitative estimate of drug-likeness (QED) is 0.857. The lowest BCUT2D eigenvalue weighted by Gasteiger charge is -2.36. The average Bonchev–Trinajstić information content (AvgIpc) is 2.37. The highest BCUT2D eigenvalue weighted by Crippen LogP contribution is 2.32. The van der Waals surface area contributed by atoms with Crippen LogP contribution in [0.1, 0.15) is 52.5 Å². The SMILES string of the molecule is CC1CCCCN1c1ccc(CNC(C)(C)C)cc1Br. The fraction of sp³-hybridized carbons (Fsp3) is 0.647. The van der Waals surface area contributed by atoms with E-state index in [0.29, 0.717) is 6.04 Å². The third kappa shape index (κ3) is 4.23. The van der Waals surface area contributed by atoms with E-state index in [9.17, 15) is 0 Å². The summed E-state index contributed by atoms with van der Waals surface area (Å²) in [5, 5.41) is 3.54. The minimum atomic E-state index is 0.159. The lowest BCUT2D eigenvalue weighted by molar-refractivity contribution is 0.424. The molecule has 1 aromatic carbocycles. The summed E-state index contributed by atoms with van der Waals surface area (Å²) < 4.78 is 1.22. The van der Waals surface area contributed by atoms with Crippen LogP contribution in [0.2, 0.25) is 0 Å². The molecule has 1 atom stereocenters. The van der Waals surface area contributed by atoms with Crippen molar-refractivity contribution in [2.75, 3.05) is 11.4 Å². The monoisotopic (exact) mass is 338 g/mol. The second-order valence-corrected chi connectivity index (χ2v) is 7.78. The summed E-state index contributed by atoms with van der Waals surface area (Å²) >= 11 is 3.76. The van der Waals surface area contributed by atoms with E-state index in [1.165, 1.54) is 41.5 Å². The van der Waals surface area contributed by atoms with Crippen LogP contribution in [-0.4, -0.2) is 18.1 Å². The maximum absolute atomic E-state index is 3.76. The molecule has 0 spiro atoms. The number of rotatable bonds is 3. The Kier molecular flexibility index (Phi) is 5.14. The predicted molar refractivity (Wildman–Crippen MR) is 91.4 cm³/mol. The van der Waals surface area contributed by atoms with Gasteiger partial charge < -0.3 is 10.2 Å². The molecule has 1 heterocycles. The molecule has 0 aromatic heterocycles. The van der Waals surface area contributed by atoms with Crippen LogP contribution in [0.25, 0.3) is 0 Å². The van der Waals surface area contributed by atoms with Gasteiger partial charge in [-0.15, -0.1) is 0 Å². The van der Waals surface area contributed by atoms with Crippen molar-refractivity contribution in [1.29, 1.82) is 0 Å². The molecular formula is C17H27BrN2. The van der Waals surface area contributed by atoms with E-state index in [-0.39, 0.29) is 5.54 Å². The zero-order valence-corrected chi connectivity index (χ0v) is 14.8. The molecule has 3 heteroatoms. The molecule has 0 bridgehead atoms. The van der Waals surface area contributed by atoms with Gasteiger partial charge in [-0.05, 0) is 80.6 Å². The van der Waals surface area contributed by atoms with Crippen LogP contribution in [0.3, 0.4) is 0 Å². The van der Waals surface area contributed by atoms with Crippen LogP contribution in [0, 0.1) is 0 Å². The number of anilines is 1. The molecule has 1 saturated heterocycles. The summed E-state index contributed by atoms with van der Waals surface area (Å²) in [6, 6.07) is 7.43. The Bertz CT molecular complexity index is 451. The third-order valence-electron chi connectivity index (χ3n) is 3.95. The van der Waals surface area contributed by atoms with Crippen molar-refractivity contribution in [3.05, 3.63) is 28.2 Å². The molecule has 0 radical (unpaired) electrons. The Hall–Kier alpha value is -0.540. The molecule has 1 fully saturated rings. The smallest absolute Gasteiger partial charge is 0.0513 e. The van der Waals surface area contributed by atoms with Gasteiger partial charge in [-0.3, -0.25) is 0 Å². The van der Waals surface area contributed by atoms with Gasteiger partial charge in [0, 0.05) is 29.1 Å². The van der Waals surface area contributed by atoms with E-state index in [4.69, 9.17) is 0 Å². The largest absolute Gasteiger partial charge is 0.368 e.